The predicted molar refractivity (Wildman–Crippen MR) is 129 cm³/mol. The molecule has 0 saturated heterocycles. The molecule has 2 heterocycles. The van der Waals surface area contributed by atoms with Crippen LogP contribution >= 0.6 is 0 Å². The molecule has 1 aromatic carbocycles. The Morgan fingerprint density at radius 1 is 0.944 bits per heavy atom. The summed E-state index contributed by atoms with van der Waals surface area (Å²) in [6.07, 6.45) is 6.79. The third kappa shape index (κ3) is 8.23. The highest BCUT2D eigenvalue weighted by molar-refractivity contribution is 7.90. The first-order chi connectivity index (χ1) is 17.2. The van der Waals surface area contributed by atoms with Crippen LogP contribution in [0, 0.1) is 6.92 Å². The molecule has 2 aromatic heterocycles. The van der Waals surface area contributed by atoms with Gasteiger partial charge >= 0.3 is 6.03 Å². The lowest BCUT2D eigenvalue weighted by atomic mass is 10.1. The highest BCUT2D eigenvalue weighted by Gasteiger charge is 2.22. The number of imidazole rings is 2. The smallest absolute Gasteiger partial charge is 0.328 e. The monoisotopic (exact) mass is 516 g/mol. The van der Waals surface area contributed by atoms with Gasteiger partial charge in [-0.15, -0.1) is 0 Å². The second-order valence-corrected chi connectivity index (χ2v) is 9.63. The van der Waals surface area contributed by atoms with E-state index in [0.717, 1.165) is 11.3 Å². The molecule has 0 radical (unpaired) electrons. The van der Waals surface area contributed by atoms with Gasteiger partial charge in [-0.05, 0) is 19.1 Å². The molecule has 36 heavy (non-hydrogen) atoms. The van der Waals surface area contributed by atoms with Crippen molar-refractivity contribution in [3.63, 3.8) is 0 Å². The number of urea groups is 1. The van der Waals surface area contributed by atoms with Crippen LogP contribution in [0.5, 0.6) is 0 Å². The third-order valence-corrected chi connectivity index (χ3v) is 6.42. The lowest BCUT2D eigenvalue weighted by Crippen LogP contribution is -2.49. The Kier molecular flexibility index (Phi) is 9.16. The average Bonchev–Trinajstić information content (AvgIpc) is 3.53. The Hall–Kier alpha value is -4.20. The molecule has 4 amide bonds. The number of nitrogens with zero attached hydrogens (tertiary/aromatic N) is 2. The van der Waals surface area contributed by atoms with E-state index in [9.17, 15) is 22.8 Å². The molecule has 0 bridgehead atoms. The summed E-state index contributed by atoms with van der Waals surface area (Å²) in [5.74, 6) is -0.878. The van der Waals surface area contributed by atoms with Crippen molar-refractivity contribution in [2.24, 2.45) is 0 Å². The maximum atomic E-state index is 12.7. The molecule has 13 nitrogen and oxygen atoms in total. The fourth-order valence-electron chi connectivity index (χ4n) is 3.18. The highest BCUT2D eigenvalue weighted by atomic mass is 32.2. The summed E-state index contributed by atoms with van der Waals surface area (Å²) in [7, 11) is -4.04. The van der Waals surface area contributed by atoms with Crippen LogP contribution in [0.25, 0.3) is 0 Å². The molecule has 192 valence electrons. The fourth-order valence-corrected chi connectivity index (χ4v) is 4.11. The van der Waals surface area contributed by atoms with E-state index in [4.69, 9.17) is 0 Å². The van der Waals surface area contributed by atoms with Crippen molar-refractivity contribution >= 4 is 27.9 Å². The van der Waals surface area contributed by atoms with Crippen molar-refractivity contribution < 1.29 is 22.8 Å². The standard InChI is InChI=1S/C22H28N8O5S/c1-15-2-4-18(5-3-15)36(34,35)30-22(33)26-9-7-20(31)29-19(10-17-12-24-14-28-17)21(32)25-8-6-16-11-23-13-27-16/h2-5,11-14,19H,6-10H2,1H3,(H,23,27)(H,24,28)(H,25,32)(H,29,31)(H2,26,30,33)/t19-/m0/s1. The van der Waals surface area contributed by atoms with Crippen LogP contribution in [-0.4, -0.2) is 65.3 Å². The number of benzene rings is 1. The van der Waals surface area contributed by atoms with Crippen LogP contribution in [0.4, 0.5) is 4.79 Å². The Morgan fingerprint density at radius 3 is 2.25 bits per heavy atom. The van der Waals surface area contributed by atoms with Crippen LogP contribution in [-0.2, 0) is 32.5 Å². The molecule has 1 atom stereocenters. The minimum atomic E-state index is -4.04. The molecule has 0 unspecified atom stereocenters. The highest BCUT2D eigenvalue weighted by Crippen LogP contribution is 2.09. The molecule has 0 fully saturated rings. The van der Waals surface area contributed by atoms with Crippen molar-refractivity contribution in [2.75, 3.05) is 13.1 Å². The van der Waals surface area contributed by atoms with E-state index in [-0.39, 0.29) is 30.2 Å². The molecule has 3 rings (SSSR count). The molecule has 0 saturated carbocycles. The van der Waals surface area contributed by atoms with E-state index in [0.29, 0.717) is 18.7 Å². The van der Waals surface area contributed by atoms with Crippen molar-refractivity contribution in [3.8, 4) is 0 Å². The van der Waals surface area contributed by atoms with Gasteiger partial charge < -0.3 is 25.9 Å². The van der Waals surface area contributed by atoms with E-state index >= 15 is 0 Å². The number of nitrogens with one attached hydrogen (secondary N) is 6. The van der Waals surface area contributed by atoms with Gasteiger partial charge in [-0.1, -0.05) is 17.7 Å². The predicted octanol–water partition coefficient (Wildman–Crippen LogP) is -0.0944. The normalized spacial score (nSPS) is 11.9. The lowest BCUT2D eigenvalue weighted by Gasteiger charge is -2.18. The van der Waals surface area contributed by atoms with Crippen LogP contribution < -0.4 is 20.7 Å². The first-order valence-corrected chi connectivity index (χ1v) is 12.6. The van der Waals surface area contributed by atoms with Gasteiger partial charge in [0.25, 0.3) is 10.0 Å². The summed E-state index contributed by atoms with van der Waals surface area (Å²) in [5.41, 5.74) is 2.39. The summed E-state index contributed by atoms with van der Waals surface area (Å²) in [4.78, 5) is 50.8. The van der Waals surface area contributed by atoms with Crippen molar-refractivity contribution in [1.29, 1.82) is 0 Å². The minimum absolute atomic E-state index is 0.0545. The number of aromatic nitrogens is 4. The molecule has 0 aliphatic rings. The number of aromatic amines is 2. The quantitative estimate of drug-likeness (QED) is 0.194. The molecule has 14 heteroatoms. The zero-order valence-electron chi connectivity index (χ0n) is 19.6. The number of hydrogen-bond donors (Lipinski definition) is 6. The first kappa shape index (κ1) is 26.4. The summed E-state index contributed by atoms with van der Waals surface area (Å²) in [6.45, 7) is 2.01. The van der Waals surface area contributed by atoms with Gasteiger partial charge in [0.1, 0.15) is 6.04 Å². The van der Waals surface area contributed by atoms with Crippen molar-refractivity contribution in [2.45, 2.75) is 37.1 Å². The fraction of sp³-hybridized carbons (Fsp3) is 0.318. The largest absolute Gasteiger partial charge is 0.354 e. The second kappa shape index (κ2) is 12.5. The molecule has 3 aromatic rings. The lowest BCUT2D eigenvalue weighted by molar-refractivity contribution is -0.128. The van der Waals surface area contributed by atoms with Gasteiger partial charge in [0.15, 0.2) is 0 Å². The van der Waals surface area contributed by atoms with Gasteiger partial charge in [-0.3, -0.25) is 9.59 Å². The summed E-state index contributed by atoms with van der Waals surface area (Å²) in [6, 6.07) is 4.16. The van der Waals surface area contributed by atoms with Crippen LogP contribution in [0.3, 0.4) is 0 Å². The number of carbonyl (C=O) groups is 3. The Balaban J connectivity index is 1.46. The number of rotatable bonds is 12. The van der Waals surface area contributed by atoms with E-state index in [2.05, 4.69) is 35.9 Å². The molecular formula is C22H28N8O5S. The van der Waals surface area contributed by atoms with Gasteiger partial charge in [-0.2, -0.15) is 0 Å². The van der Waals surface area contributed by atoms with E-state index < -0.39 is 28.0 Å². The molecule has 6 N–H and O–H groups in total. The maximum Gasteiger partial charge on any atom is 0.328 e. The minimum Gasteiger partial charge on any atom is -0.354 e. The summed E-state index contributed by atoms with van der Waals surface area (Å²) in [5, 5.41) is 7.75. The number of hydrogen-bond acceptors (Lipinski definition) is 7. The molecule has 0 spiro atoms. The maximum absolute atomic E-state index is 12.7. The zero-order valence-corrected chi connectivity index (χ0v) is 20.4. The Morgan fingerprint density at radius 2 is 1.61 bits per heavy atom. The number of carbonyl (C=O) groups excluding carboxylic acids is 3. The zero-order chi connectivity index (χ0) is 26.0. The number of amides is 4. The van der Waals surface area contributed by atoms with Gasteiger partial charge in [0, 0.05) is 56.1 Å². The molecule has 0 aliphatic heterocycles. The first-order valence-electron chi connectivity index (χ1n) is 11.1. The van der Waals surface area contributed by atoms with Gasteiger partial charge in [0.2, 0.25) is 11.8 Å². The van der Waals surface area contributed by atoms with Crippen LogP contribution in [0.2, 0.25) is 0 Å². The van der Waals surface area contributed by atoms with Crippen LogP contribution in [0.1, 0.15) is 23.4 Å². The van der Waals surface area contributed by atoms with Crippen molar-refractivity contribution in [3.05, 3.63) is 66.3 Å². The van der Waals surface area contributed by atoms with Gasteiger partial charge in [-0.25, -0.2) is 27.9 Å². The molecule has 0 aliphatic carbocycles. The van der Waals surface area contributed by atoms with Crippen LogP contribution in [0.15, 0.2) is 54.2 Å². The van der Waals surface area contributed by atoms with Crippen molar-refractivity contribution in [1.82, 2.24) is 40.6 Å². The molecular weight excluding hydrogens is 488 g/mol. The average molecular weight is 517 g/mol. The summed E-state index contributed by atoms with van der Waals surface area (Å²) < 4.78 is 26.4. The third-order valence-electron chi connectivity index (χ3n) is 5.07. The Labute approximate surface area is 207 Å². The number of aryl methyl sites for hydroxylation is 1. The van der Waals surface area contributed by atoms with Gasteiger partial charge in [0.05, 0.1) is 17.6 Å². The number of sulfonamides is 1. The van der Waals surface area contributed by atoms with E-state index in [1.54, 1.807) is 30.9 Å². The SMILES string of the molecule is Cc1ccc(S(=O)(=O)NC(=O)NCCC(=O)N[C@@H](Cc2cnc[nH]2)C(=O)NCCc2cnc[nH]2)cc1. The Bertz CT molecular complexity index is 1240. The van der Waals surface area contributed by atoms with E-state index in [1.807, 2.05) is 11.6 Å². The van der Waals surface area contributed by atoms with E-state index in [1.165, 1.54) is 18.5 Å². The summed E-state index contributed by atoms with van der Waals surface area (Å²) >= 11 is 0. The topological polar surface area (TPSA) is 191 Å². The number of H-pyrrole nitrogens is 2. The second-order valence-electron chi connectivity index (χ2n) is 7.94.